The van der Waals surface area contributed by atoms with Crippen LogP contribution in [0.2, 0.25) is 0 Å². The van der Waals surface area contributed by atoms with E-state index in [-0.39, 0.29) is 11.4 Å². The van der Waals surface area contributed by atoms with E-state index in [1.54, 1.807) is 0 Å². The molecule has 0 aromatic carbocycles. The van der Waals surface area contributed by atoms with Gasteiger partial charge in [-0.3, -0.25) is 9.48 Å². The van der Waals surface area contributed by atoms with Crippen molar-refractivity contribution in [3.63, 3.8) is 0 Å². The molecule has 0 saturated heterocycles. The highest BCUT2D eigenvalue weighted by molar-refractivity contribution is 5.92. The summed E-state index contributed by atoms with van der Waals surface area (Å²) >= 11 is 0. The SMILES string of the molecule is CCN(CC)CCNC(=O)c1cc(C(C)C)n(C(C)(C)C)n1. The first-order valence-electron chi connectivity index (χ1n) is 8.31. The summed E-state index contributed by atoms with van der Waals surface area (Å²) in [6, 6.07) is 1.92. The van der Waals surface area contributed by atoms with Crippen LogP contribution in [0.3, 0.4) is 0 Å². The standard InChI is InChI=1S/C17H32N4O/c1-8-20(9-2)11-10-18-16(22)14-12-15(13(3)4)21(19-14)17(5,6)7/h12-13H,8-11H2,1-7H3,(H,18,22). The van der Waals surface area contributed by atoms with E-state index in [0.29, 0.717) is 18.2 Å². The van der Waals surface area contributed by atoms with Crippen molar-refractivity contribution in [3.05, 3.63) is 17.5 Å². The molecule has 0 spiro atoms. The third kappa shape index (κ3) is 4.83. The van der Waals surface area contributed by atoms with Crippen molar-refractivity contribution in [3.8, 4) is 0 Å². The molecule has 22 heavy (non-hydrogen) atoms. The van der Waals surface area contributed by atoms with E-state index < -0.39 is 0 Å². The maximum atomic E-state index is 12.3. The monoisotopic (exact) mass is 308 g/mol. The van der Waals surface area contributed by atoms with Gasteiger partial charge in [0.15, 0.2) is 0 Å². The van der Waals surface area contributed by atoms with Gasteiger partial charge in [-0.05, 0) is 45.8 Å². The molecule has 0 fully saturated rings. The van der Waals surface area contributed by atoms with Gasteiger partial charge in [0.1, 0.15) is 5.69 Å². The lowest BCUT2D eigenvalue weighted by molar-refractivity contribution is 0.0942. The van der Waals surface area contributed by atoms with Gasteiger partial charge in [-0.25, -0.2) is 0 Å². The summed E-state index contributed by atoms with van der Waals surface area (Å²) in [5.41, 5.74) is 1.49. The molecule has 5 heteroatoms. The number of carbonyl (C=O) groups excluding carboxylic acids is 1. The molecule has 0 saturated carbocycles. The Labute approximate surface area is 135 Å². The minimum Gasteiger partial charge on any atom is -0.349 e. The first kappa shape index (κ1) is 18.7. The molecule has 5 nitrogen and oxygen atoms in total. The smallest absolute Gasteiger partial charge is 0.271 e. The third-order valence-electron chi connectivity index (χ3n) is 3.80. The van der Waals surface area contributed by atoms with Gasteiger partial charge < -0.3 is 10.2 Å². The average Bonchev–Trinajstić information content (AvgIpc) is 2.89. The number of nitrogens with one attached hydrogen (secondary N) is 1. The fourth-order valence-corrected chi connectivity index (χ4v) is 2.41. The Kier molecular flexibility index (Phi) is 6.60. The van der Waals surface area contributed by atoms with Crippen molar-refractivity contribution in [2.75, 3.05) is 26.2 Å². The molecule has 0 bridgehead atoms. The van der Waals surface area contributed by atoms with Crippen LogP contribution in [0.5, 0.6) is 0 Å². The number of amides is 1. The maximum Gasteiger partial charge on any atom is 0.271 e. The number of likely N-dealkylation sites (N-methyl/N-ethyl adjacent to an activating group) is 1. The topological polar surface area (TPSA) is 50.2 Å². The lowest BCUT2D eigenvalue weighted by Crippen LogP contribution is -2.35. The number of hydrogen-bond acceptors (Lipinski definition) is 3. The van der Waals surface area contributed by atoms with Crippen LogP contribution in [-0.2, 0) is 5.54 Å². The van der Waals surface area contributed by atoms with Gasteiger partial charge in [0, 0.05) is 18.8 Å². The van der Waals surface area contributed by atoms with Crippen LogP contribution in [-0.4, -0.2) is 46.8 Å². The predicted octanol–water partition coefficient (Wildman–Crippen LogP) is 2.83. The highest BCUT2D eigenvalue weighted by atomic mass is 16.1. The Morgan fingerprint density at radius 2 is 1.91 bits per heavy atom. The molecule has 0 aliphatic heterocycles. The molecule has 0 atom stereocenters. The van der Waals surface area contributed by atoms with Gasteiger partial charge in [0.25, 0.3) is 5.91 Å². The van der Waals surface area contributed by atoms with Gasteiger partial charge in [-0.2, -0.15) is 5.10 Å². The molecular formula is C17H32N4O. The van der Waals surface area contributed by atoms with Crippen LogP contribution >= 0.6 is 0 Å². The van der Waals surface area contributed by atoms with Gasteiger partial charge in [-0.1, -0.05) is 27.7 Å². The lowest BCUT2D eigenvalue weighted by atomic mass is 10.1. The number of hydrogen-bond donors (Lipinski definition) is 1. The van der Waals surface area contributed by atoms with Crippen LogP contribution in [0.25, 0.3) is 0 Å². The van der Waals surface area contributed by atoms with E-state index >= 15 is 0 Å². The van der Waals surface area contributed by atoms with Crippen molar-refractivity contribution in [2.24, 2.45) is 0 Å². The first-order chi connectivity index (χ1) is 10.2. The Balaban J connectivity index is 2.78. The van der Waals surface area contributed by atoms with Crippen LogP contribution in [0.15, 0.2) is 6.07 Å². The quantitative estimate of drug-likeness (QED) is 0.842. The largest absolute Gasteiger partial charge is 0.349 e. The van der Waals surface area contributed by atoms with E-state index in [9.17, 15) is 4.79 Å². The van der Waals surface area contributed by atoms with E-state index in [4.69, 9.17) is 0 Å². The first-order valence-corrected chi connectivity index (χ1v) is 8.31. The van der Waals surface area contributed by atoms with Crippen LogP contribution in [0.4, 0.5) is 0 Å². The molecule has 0 aliphatic carbocycles. The minimum atomic E-state index is -0.126. The lowest BCUT2D eigenvalue weighted by Gasteiger charge is -2.23. The second-order valence-electron chi connectivity index (χ2n) is 6.97. The van der Waals surface area contributed by atoms with E-state index in [1.165, 1.54) is 0 Å². The minimum absolute atomic E-state index is 0.0861. The van der Waals surface area contributed by atoms with Gasteiger partial charge in [-0.15, -0.1) is 0 Å². The van der Waals surface area contributed by atoms with Crippen LogP contribution < -0.4 is 5.32 Å². The second-order valence-corrected chi connectivity index (χ2v) is 6.97. The number of nitrogens with zero attached hydrogens (tertiary/aromatic N) is 3. The van der Waals surface area contributed by atoms with Crippen LogP contribution in [0.1, 0.15) is 70.6 Å². The summed E-state index contributed by atoms with van der Waals surface area (Å²) in [7, 11) is 0. The summed E-state index contributed by atoms with van der Waals surface area (Å²) in [6.07, 6.45) is 0. The van der Waals surface area contributed by atoms with Crippen molar-refractivity contribution in [1.82, 2.24) is 20.0 Å². The molecule has 1 aromatic heterocycles. The van der Waals surface area contributed by atoms with E-state index in [1.807, 2.05) is 10.7 Å². The maximum absolute atomic E-state index is 12.3. The fourth-order valence-electron chi connectivity index (χ4n) is 2.41. The molecule has 1 N–H and O–H groups in total. The van der Waals surface area contributed by atoms with Crippen molar-refractivity contribution in [2.45, 2.75) is 59.9 Å². The third-order valence-corrected chi connectivity index (χ3v) is 3.80. The number of rotatable bonds is 7. The molecule has 0 unspecified atom stereocenters. The summed E-state index contributed by atoms with van der Waals surface area (Å²) < 4.78 is 1.97. The summed E-state index contributed by atoms with van der Waals surface area (Å²) in [4.78, 5) is 14.6. The van der Waals surface area contributed by atoms with Crippen molar-refractivity contribution in [1.29, 1.82) is 0 Å². The zero-order valence-corrected chi connectivity index (χ0v) is 15.2. The highest BCUT2D eigenvalue weighted by Crippen LogP contribution is 2.23. The fraction of sp³-hybridized carbons (Fsp3) is 0.765. The van der Waals surface area contributed by atoms with Crippen molar-refractivity contribution >= 4 is 5.91 Å². The molecule has 0 aliphatic rings. The summed E-state index contributed by atoms with van der Waals surface area (Å²) in [5, 5.41) is 7.50. The number of aromatic nitrogens is 2. The Hall–Kier alpha value is -1.36. The molecule has 126 valence electrons. The Morgan fingerprint density at radius 1 is 1.32 bits per heavy atom. The highest BCUT2D eigenvalue weighted by Gasteiger charge is 2.23. The zero-order chi connectivity index (χ0) is 16.9. The Bertz CT molecular complexity index is 481. The number of carbonyl (C=O) groups is 1. The molecule has 1 rings (SSSR count). The second kappa shape index (κ2) is 7.77. The normalized spacial score (nSPS) is 12.2. The summed E-state index contributed by atoms with van der Waals surface area (Å²) in [5.74, 6) is 0.251. The van der Waals surface area contributed by atoms with Crippen LogP contribution in [0, 0.1) is 0 Å². The van der Waals surface area contributed by atoms with E-state index in [0.717, 1.165) is 25.3 Å². The van der Waals surface area contributed by atoms with Gasteiger partial charge in [0.05, 0.1) is 5.54 Å². The Morgan fingerprint density at radius 3 is 2.32 bits per heavy atom. The predicted molar refractivity (Wildman–Crippen MR) is 91.4 cm³/mol. The molecule has 0 radical (unpaired) electrons. The molecule has 1 aromatic rings. The molecule has 1 heterocycles. The van der Waals surface area contributed by atoms with E-state index in [2.05, 4.69) is 63.8 Å². The average molecular weight is 308 g/mol. The zero-order valence-electron chi connectivity index (χ0n) is 15.2. The van der Waals surface area contributed by atoms with Gasteiger partial charge >= 0.3 is 0 Å². The van der Waals surface area contributed by atoms with Gasteiger partial charge in [0.2, 0.25) is 0 Å². The molecule has 1 amide bonds. The molecular weight excluding hydrogens is 276 g/mol. The van der Waals surface area contributed by atoms with Crippen molar-refractivity contribution < 1.29 is 4.79 Å². The summed E-state index contributed by atoms with van der Waals surface area (Å²) in [6.45, 7) is 18.4.